The Balaban J connectivity index is 2.22. The third-order valence-electron chi connectivity index (χ3n) is 2.62. The first-order valence-corrected chi connectivity index (χ1v) is 7.07. The molecule has 19 heavy (non-hydrogen) atoms. The second-order valence-corrected chi connectivity index (χ2v) is 5.63. The van der Waals surface area contributed by atoms with E-state index in [1.807, 2.05) is 18.2 Å². The highest BCUT2D eigenvalue weighted by Crippen LogP contribution is 2.32. The lowest BCUT2D eigenvalue weighted by Gasteiger charge is -2.13. The summed E-state index contributed by atoms with van der Waals surface area (Å²) in [5.41, 5.74) is 0.982. The van der Waals surface area contributed by atoms with Crippen LogP contribution in [0.4, 0.5) is 4.39 Å². The molecule has 2 rings (SSSR count). The van der Waals surface area contributed by atoms with Crippen LogP contribution in [-0.4, -0.2) is 11.0 Å². The third kappa shape index (κ3) is 4.04. The number of hydrogen-bond donors (Lipinski definition) is 1. The monoisotopic (exact) mass is 276 g/mol. The molecule has 0 bridgehead atoms. The van der Waals surface area contributed by atoms with Gasteiger partial charge in [0.15, 0.2) is 0 Å². The van der Waals surface area contributed by atoms with E-state index in [1.165, 1.54) is 17.8 Å². The van der Waals surface area contributed by atoms with Crippen LogP contribution < -0.4 is 5.32 Å². The molecule has 2 nitrogen and oxygen atoms in total. The van der Waals surface area contributed by atoms with Crippen LogP contribution in [0.25, 0.3) is 0 Å². The molecule has 0 unspecified atom stereocenters. The van der Waals surface area contributed by atoms with Crippen LogP contribution in [0.2, 0.25) is 0 Å². The van der Waals surface area contributed by atoms with Gasteiger partial charge in [0.05, 0.1) is 4.90 Å². The third-order valence-corrected chi connectivity index (χ3v) is 3.79. The number of halogens is 1. The van der Waals surface area contributed by atoms with E-state index >= 15 is 0 Å². The molecule has 1 heterocycles. The molecule has 0 amide bonds. The fourth-order valence-corrected chi connectivity index (χ4v) is 2.58. The Labute approximate surface area is 117 Å². The van der Waals surface area contributed by atoms with Crippen LogP contribution in [0.15, 0.2) is 52.5 Å². The summed E-state index contributed by atoms with van der Waals surface area (Å²) in [6.45, 7) is 4.83. The molecule has 2 aromatic rings. The lowest BCUT2D eigenvalue weighted by Crippen LogP contribution is -2.22. The van der Waals surface area contributed by atoms with Gasteiger partial charge in [-0.05, 0) is 23.8 Å². The SMILES string of the molecule is CC(C)NCc1cccc(F)c1Sc1ccncc1. The van der Waals surface area contributed by atoms with E-state index < -0.39 is 0 Å². The summed E-state index contributed by atoms with van der Waals surface area (Å²) < 4.78 is 14.0. The Hall–Kier alpha value is -1.39. The number of benzene rings is 1. The van der Waals surface area contributed by atoms with Gasteiger partial charge in [-0.1, -0.05) is 37.7 Å². The standard InChI is InChI=1S/C15H17FN2S/c1-11(2)18-10-12-4-3-5-14(16)15(12)19-13-6-8-17-9-7-13/h3-9,11,18H,10H2,1-2H3. The maximum Gasteiger partial charge on any atom is 0.137 e. The predicted octanol–water partition coefficient (Wildman–Crippen LogP) is 3.87. The van der Waals surface area contributed by atoms with Gasteiger partial charge in [-0.3, -0.25) is 4.98 Å². The molecular weight excluding hydrogens is 259 g/mol. The summed E-state index contributed by atoms with van der Waals surface area (Å²) in [5.74, 6) is -0.176. The summed E-state index contributed by atoms with van der Waals surface area (Å²) >= 11 is 1.44. The first-order valence-electron chi connectivity index (χ1n) is 6.25. The van der Waals surface area contributed by atoms with Crippen molar-refractivity contribution < 1.29 is 4.39 Å². The van der Waals surface area contributed by atoms with Crippen molar-refractivity contribution in [2.75, 3.05) is 0 Å². The summed E-state index contributed by atoms with van der Waals surface area (Å²) in [6.07, 6.45) is 3.43. The van der Waals surface area contributed by atoms with Crippen molar-refractivity contribution >= 4 is 11.8 Å². The lowest BCUT2D eigenvalue weighted by molar-refractivity contribution is 0.564. The first kappa shape index (κ1) is 14.0. The Morgan fingerprint density at radius 3 is 2.63 bits per heavy atom. The summed E-state index contributed by atoms with van der Waals surface area (Å²) in [7, 11) is 0. The number of pyridine rings is 1. The molecule has 0 aliphatic heterocycles. The van der Waals surface area contributed by atoms with Crippen molar-refractivity contribution in [1.82, 2.24) is 10.3 Å². The normalized spacial score (nSPS) is 10.9. The molecule has 0 aliphatic carbocycles. The predicted molar refractivity (Wildman–Crippen MR) is 76.7 cm³/mol. The number of nitrogens with one attached hydrogen (secondary N) is 1. The number of hydrogen-bond acceptors (Lipinski definition) is 3. The minimum Gasteiger partial charge on any atom is -0.310 e. The highest BCUT2D eigenvalue weighted by Gasteiger charge is 2.10. The number of rotatable bonds is 5. The zero-order chi connectivity index (χ0) is 13.7. The second kappa shape index (κ2) is 6.68. The van der Waals surface area contributed by atoms with Gasteiger partial charge in [0.25, 0.3) is 0 Å². The largest absolute Gasteiger partial charge is 0.310 e. The zero-order valence-electron chi connectivity index (χ0n) is 11.1. The van der Waals surface area contributed by atoms with Gasteiger partial charge in [0.1, 0.15) is 5.82 Å². The molecule has 0 aliphatic rings. The maximum absolute atomic E-state index is 14.0. The van der Waals surface area contributed by atoms with Gasteiger partial charge in [0, 0.05) is 29.9 Å². The fourth-order valence-electron chi connectivity index (χ4n) is 1.65. The highest BCUT2D eigenvalue weighted by atomic mass is 32.2. The van der Waals surface area contributed by atoms with E-state index in [-0.39, 0.29) is 5.82 Å². The van der Waals surface area contributed by atoms with E-state index in [4.69, 9.17) is 0 Å². The van der Waals surface area contributed by atoms with Crippen molar-refractivity contribution in [3.05, 3.63) is 54.1 Å². The van der Waals surface area contributed by atoms with E-state index in [0.29, 0.717) is 17.5 Å². The summed E-state index contributed by atoms with van der Waals surface area (Å²) in [6, 6.07) is 9.36. The second-order valence-electron chi connectivity index (χ2n) is 4.55. The van der Waals surface area contributed by atoms with E-state index in [1.54, 1.807) is 18.5 Å². The van der Waals surface area contributed by atoms with Crippen LogP contribution in [0, 0.1) is 5.82 Å². The van der Waals surface area contributed by atoms with Gasteiger partial charge in [0.2, 0.25) is 0 Å². The average Bonchev–Trinajstić information content (AvgIpc) is 2.40. The van der Waals surface area contributed by atoms with Gasteiger partial charge in [-0.15, -0.1) is 0 Å². The van der Waals surface area contributed by atoms with Crippen molar-refractivity contribution in [2.24, 2.45) is 0 Å². The maximum atomic E-state index is 14.0. The molecule has 1 N–H and O–H groups in total. The van der Waals surface area contributed by atoms with Crippen molar-refractivity contribution in [3.63, 3.8) is 0 Å². The van der Waals surface area contributed by atoms with Crippen LogP contribution in [0.5, 0.6) is 0 Å². The molecular formula is C15H17FN2S. The Bertz CT molecular complexity index is 529. The highest BCUT2D eigenvalue weighted by molar-refractivity contribution is 7.99. The summed E-state index contributed by atoms with van der Waals surface area (Å²) in [4.78, 5) is 5.65. The molecule has 4 heteroatoms. The molecule has 100 valence electrons. The molecule has 0 saturated heterocycles. The Morgan fingerprint density at radius 2 is 1.95 bits per heavy atom. The van der Waals surface area contributed by atoms with Crippen LogP contribution in [-0.2, 0) is 6.54 Å². The number of aromatic nitrogens is 1. The molecule has 0 spiro atoms. The van der Waals surface area contributed by atoms with Crippen molar-refractivity contribution in [3.8, 4) is 0 Å². The van der Waals surface area contributed by atoms with Crippen molar-refractivity contribution in [2.45, 2.75) is 36.2 Å². The van der Waals surface area contributed by atoms with Gasteiger partial charge in [-0.2, -0.15) is 0 Å². The molecule has 1 aromatic heterocycles. The molecule has 0 atom stereocenters. The Kier molecular flexibility index (Phi) is 4.93. The molecule has 0 saturated carbocycles. The smallest absolute Gasteiger partial charge is 0.137 e. The fraction of sp³-hybridized carbons (Fsp3) is 0.267. The summed E-state index contributed by atoms with van der Waals surface area (Å²) in [5, 5.41) is 3.32. The van der Waals surface area contributed by atoms with Crippen LogP contribution in [0.3, 0.4) is 0 Å². The Morgan fingerprint density at radius 1 is 1.21 bits per heavy atom. The zero-order valence-corrected chi connectivity index (χ0v) is 11.9. The average molecular weight is 276 g/mol. The van der Waals surface area contributed by atoms with E-state index in [0.717, 1.165) is 10.5 Å². The lowest BCUT2D eigenvalue weighted by atomic mass is 10.2. The van der Waals surface area contributed by atoms with Crippen LogP contribution in [0.1, 0.15) is 19.4 Å². The molecule has 0 fully saturated rings. The molecule has 1 aromatic carbocycles. The van der Waals surface area contributed by atoms with E-state index in [2.05, 4.69) is 24.1 Å². The van der Waals surface area contributed by atoms with E-state index in [9.17, 15) is 4.39 Å². The van der Waals surface area contributed by atoms with Gasteiger partial charge < -0.3 is 5.32 Å². The van der Waals surface area contributed by atoms with Crippen LogP contribution >= 0.6 is 11.8 Å². The quantitative estimate of drug-likeness (QED) is 0.897. The topological polar surface area (TPSA) is 24.9 Å². The minimum absolute atomic E-state index is 0.176. The van der Waals surface area contributed by atoms with Gasteiger partial charge >= 0.3 is 0 Å². The first-order chi connectivity index (χ1) is 9.16. The minimum atomic E-state index is -0.176. The van der Waals surface area contributed by atoms with Gasteiger partial charge in [-0.25, -0.2) is 4.39 Å². The molecule has 0 radical (unpaired) electrons. The van der Waals surface area contributed by atoms with Crippen molar-refractivity contribution in [1.29, 1.82) is 0 Å². The number of nitrogens with zero attached hydrogens (tertiary/aromatic N) is 1.